The summed E-state index contributed by atoms with van der Waals surface area (Å²) < 4.78 is 16.7. The summed E-state index contributed by atoms with van der Waals surface area (Å²) in [6, 6.07) is 7.76. The molecule has 1 aromatic carbocycles. The van der Waals surface area contributed by atoms with Crippen molar-refractivity contribution in [3.63, 3.8) is 0 Å². The van der Waals surface area contributed by atoms with Crippen molar-refractivity contribution in [3.05, 3.63) is 29.8 Å². The molecular formula is C14H21NO4. The molecule has 2 N–H and O–H groups in total. The summed E-state index contributed by atoms with van der Waals surface area (Å²) in [5.74, 6) is 0.791. The molecule has 2 unspecified atom stereocenters. The van der Waals surface area contributed by atoms with Crippen LogP contribution in [0.1, 0.15) is 11.7 Å². The molecule has 0 aromatic heterocycles. The maximum Gasteiger partial charge on any atom is 0.119 e. The largest absolute Gasteiger partial charge is 0.497 e. The first-order valence-electron chi connectivity index (χ1n) is 6.54. The van der Waals surface area contributed by atoms with Gasteiger partial charge < -0.3 is 24.6 Å². The fraction of sp³-hybridized carbons (Fsp3) is 0.571. The van der Waals surface area contributed by atoms with Gasteiger partial charge in [0.15, 0.2) is 0 Å². The minimum atomic E-state index is -0.199. The van der Waals surface area contributed by atoms with Gasteiger partial charge in [-0.25, -0.2) is 0 Å². The molecule has 19 heavy (non-hydrogen) atoms. The van der Waals surface area contributed by atoms with Crippen LogP contribution in [0.5, 0.6) is 5.75 Å². The number of ether oxygens (including phenoxy) is 3. The highest BCUT2D eigenvalue weighted by molar-refractivity contribution is 5.30. The number of aliphatic hydroxyl groups is 1. The van der Waals surface area contributed by atoms with Gasteiger partial charge in [0.25, 0.3) is 0 Å². The molecule has 0 bridgehead atoms. The number of methoxy groups -OCH3 is 1. The summed E-state index contributed by atoms with van der Waals surface area (Å²) in [6.07, 6.45) is -0.248. The van der Waals surface area contributed by atoms with Gasteiger partial charge in [-0.3, -0.25) is 0 Å². The summed E-state index contributed by atoms with van der Waals surface area (Å²) in [5.41, 5.74) is 1.00. The monoisotopic (exact) mass is 267 g/mol. The van der Waals surface area contributed by atoms with Crippen molar-refractivity contribution in [2.75, 3.05) is 40.0 Å². The average Bonchev–Trinajstić information content (AvgIpc) is 2.49. The number of rotatable bonds is 6. The molecule has 5 heteroatoms. The zero-order valence-electron chi connectivity index (χ0n) is 11.2. The average molecular weight is 267 g/mol. The van der Waals surface area contributed by atoms with Crippen LogP contribution >= 0.6 is 0 Å². The van der Waals surface area contributed by atoms with Crippen molar-refractivity contribution in [2.24, 2.45) is 0 Å². The van der Waals surface area contributed by atoms with Crippen molar-refractivity contribution in [1.29, 1.82) is 0 Å². The summed E-state index contributed by atoms with van der Waals surface area (Å²) in [6.45, 7) is 2.57. The van der Waals surface area contributed by atoms with E-state index in [1.807, 2.05) is 24.3 Å². The molecule has 106 valence electrons. The first-order chi connectivity index (χ1) is 9.35. The van der Waals surface area contributed by atoms with Gasteiger partial charge >= 0.3 is 0 Å². The van der Waals surface area contributed by atoms with Crippen LogP contribution in [-0.4, -0.2) is 51.2 Å². The Morgan fingerprint density at radius 3 is 3.11 bits per heavy atom. The van der Waals surface area contributed by atoms with Gasteiger partial charge in [-0.15, -0.1) is 0 Å². The molecule has 1 aliphatic heterocycles. The second-order valence-electron chi connectivity index (χ2n) is 4.40. The van der Waals surface area contributed by atoms with E-state index in [9.17, 15) is 0 Å². The van der Waals surface area contributed by atoms with Crippen molar-refractivity contribution in [2.45, 2.75) is 12.2 Å². The maximum absolute atomic E-state index is 8.96. The van der Waals surface area contributed by atoms with E-state index in [1.165, 1.54) is 0 Å². The highest BCUT2D eigenvalue weighted by Crippen LogP contribution is 2.27. The number of aliphatic hydroxyl groups excluding tert-OH is 1. The Morgan fingerprint density at radius 1 is 1.53 bits per heavy atom. The van der Waals surface area contributed by atoms with Gasteiger partial charge in [0.1, 0.15) is 18.0 Å². The van der Waals surface area contributed by atoms with E-state index in [1.54, 1.807) is 7.11 Å². The molecule has 5 nitrogen and oxygen atoms in total. The third-order valence-electron chi connectivity index (χ3n) is 3.10. The summed E-state index contributed by atoms with van der Waals surface area (Å²) in [7, 11) is 1.64. The summed E-state index contributed by atoms with van der Waals surface area (Å²) in [5, 5.41) is 12.2. The molecule has 2 atom stereocenters. The lowest BCUT2D eigenvalue weighted by atomic mass is 10.0. The third kappa shape index (κ3) is 3.91. The predicted octanol–water partition coefficient (Wildman–Crippen LogP) is 0.734. The fourth-order valence-electron chi connectivity index (χ4n) is 2.20. The normalized spacial score (nSPS) is 21.1. The molecule has 1 heterocycles. The van der Waals surface area contributed by atoms with Gasteiger partial charge in [0.2, 0.25) is 0 Å². The first kappa shape index (κ1) is 14.3. The van der Waals surface area contributed by atoms with Gasteiger partial charge in [-0.2, -0.15) is 0 Å². The minimum Gasteiger partial charge on any atom is -0.497 e. The van der Waals surface area contributed by atoms with Crippen LogP contribution in [0.4, 0.5) is 0 Å². The molecule has 1 aromatic rings. The number of nitrogens with one attached hydrogen (secondary N) is 1. The Labute approximate surface area is 113 Å². The quantitative estimate of drug-likeness (QED) is 0.796. The summed E-state index contributed by atoms with van der Waals surface area (Å²) >= 11 is 0. The third-order valence-corrected chi connectivity index (χ3v) is 3.10. The molecule has 1 fully saturated rings. The van der Waals surface area contributed by atoms with Crippen LogP contribution in [0.2, 0.25) is 0 Å². The van der Waals surface area contributed by atoms with E-state index in [4.69, 9.17) is 19.3 Å². The number of hydrogen-bond donors (Lipinski definition) is 2. The molecule has 0 amide bonds. The molecular weight excluding hydrogens is 246 g/mol. The van der Waals surface area contributed by atoms with Crippen LogP contribution < -0.4 is 10.1 Å². The van der Waals surface area contributed by atoms with Crippen LogP contribution in [0.15, 0.2) is 24.3 Å². The molecule has 0 saturated carbocycles. The van der Waals surface area contributed by atoms with E-state index in [0.29, 0.717) is 13.2 Å². The van der Waals surface area contributed by atoms with E-state index in [0.717, 1.165) is 24.4 Å². The van der Waals surface area contributed by atoms with Crippen LogP contribution in [0.25, 0.3) is 0 Å². The van der Waals surface area contributed by atoms with Crippen LogP contribution in [0, 0.1) is 0 Å². The first-order valence-corrected chi connectivity index (χ1v) is 6.54. The molecule has 2 rings (SSSR count). The Hall–Kier alpha value is -1.14. The van der Waals surface area contributed by atoms with Crippen molar-refractivity contribution >= 4 is 0 Å². The second-order valence-corrected chi connectivity index (χ2v) is 4.40. The van der Waals surface area contributed by atoms with E-state index in [-0.39, 0.29) is 18.8 Å². The minimum absolute atomic E-state index is 0.000612. The fourth-order valence-corrected chi connectivity index (χ4v) is 2.20. The van der Waals surface area contributed by atoms with Gasteiger partial charge in [0.05, 0.1) is 26.9 Å². The Kier molecular flexibility index (Phi) is 5.60. The van der Waals surface area contributed by atoms with Crippen LogP contribution in [-0.2, 0) is 9.47 Å². The van der Waals surface area contributed by atoms with E-state index < -0.39 is 0 Å². The van der Waals surface area contributed by atoms with E-state index in [2.05, 4.69) is 5.32 Å². The predicted molar refractivity (Wildman–Crippen MR) is 71.4 cm³/mol. The van der Waals surface area contributed by atoms with Gasteiger partial charge in [-0.1, -0.05) is 12.1 Å². The topological polar surface area (TPSA) is 60.0 Å². The maximum atomic E-state index is 8.96. The zero-order valence-corrected chi connectivity index (χ0v) is 11.2. The van der Waals surface area contributed by atoms with Crippen molar-refractivity contribution in [1.82, 2.24) is 5.32 Å². The van der Waals surface area contributed by atoms with Gasteiger partial charge in [-0.05, 0) is 17.7 Å². The van der Waals surface area contributed by atoms with Crippen LogP contribution in [0.3, 0.4) is 0 Å². The smallest absolute Gasteiger partial charge is 0.119 e. The number of morpholine rings is 1. The highest BCUT2D eigenvalue weighted by atomic mass is 16.5. The highest BCUT2D eigenvalue weighted by Gasteiger charge is 2.26. The number of hydrogen-bond acceptors (Lipinski definition) is 5. The van der Waals surface area contributed by atoms with E-state index >= 15 is 0 Å². The number of benzene rings is 1. The molecule has 0 radical (unpaired) electrons. The van der Waals surface area contributed by atoms with Crippen molar-refractivity contribution < 1.29 is 19.3 Å². The molecule has 1 aliphatic rings. The molecule has 1 saturated heterocycles. The zero-order chi connectivity index (χ0) is 13.5. The Morgan fingerprint density at radius 2 is 2.42 bits per heavy atom. The standard InChI is InChI=1S/C14H21NO4/c1-17-12-4-2-3-11(9-12)14(19-8-6-16)13-10-15-5-7-18-13/h2-4,9,13-16H,5-8,10H2,1H3. The Bertz CT molecular complexity index is 379. The lowest BCUT2D eigenvalue weighted by molar-refractivity contribution is -0.0917. The lowest BCUT2D eigenvalue weighted by Gasteiger charge is -2.31. The molecule has 0 spiro atoms. The lowest BCUT2D eigenvalue weighted by Crippen LogP contribution is -2.42. The SMILES string of the molecule is COc1cccc(C(OCCO)C2CNCCO2)c1. The van der Waals surface area contributed by atoms with Gasteiger partial charge in [0, 0.05) is 13.1 Å². The summed E-state index contributed by atoms with van der Waals surface area (Å²) in [4.78, 5) is 0. The second kappa shape index (κ2) is 7.45. The molecule has 0 aliphatic carbocycles. The van der Waals surface area contributed by atoms with Crippen molar-refractivity contribution in [3.8, 4) is 5.75 Å². The Balaban J connectivity index is 2.14.